The molecule has 2 aliphatic rings. The SMILES string of the molecule is CNC(=O)c1cc(Cl)c(OC(C)(C)C(=O)O)cc1N1C[C@@H](O)[C@H](NC2CCN(C(=O)c3ccc(Cl)cc3)CC2)C1.O=C(O)C(F)(F)F. The summed E-state index contributed by atoms with van der Waals surface area (Å²) in [5, 5.41) is 34.3. The number of halogens is 5. The van der Waals surface area contributed by atoms with Gasteiger partial charge < -0.3 is 40.5 Å². The minimum Gasteiger partial charge on any atom is -0.478 e. The fraction of sp³-hybridized carbons (Fsp3) is 0.467. The number of nitrogens with one attached hydrogen (secondary N) is 2. The van der Waals surface area contributed by atoms with E-state index in [2.05, 4.69) is 10.6 Å². The van der Waals surface area contributed by atoms with E-state index in [-0.39, 0.29) is 46.8 Å². The first-order valence-electron chi connectivity index (χ1n) is 14.4. The number of aliphatic hydroxyl groups is 1. The number of carboxylic acids is 2. The van der Waals surface area contributed by atoms with E-state index < -0.39 is 29.8 Å². The van der Waals surface area contributed by atoms with Crippen molar-refractivity contribution in [2.75, 3.05) is 38.1 Å². The third-order valence-electron chi connectivity index (χ3n) is 7.60. The third-order valence-corrected chi connectivity index (χ3v) is 8.14. The summed E-state index contributed by atoms with van der Waals surface area (Å²) in [6.45, 7) is 4.64. The molecule has 2 aromatic carbocycles. The number of aliphatic carboxylic acids is 2. The Hall–Kier alpha value is -3.79. The van der Waals surface area contributed by atoms with Gasteiger partial charge >= 0.3 is 18.1 Å². The Balaban J connectivity index is 0.000000771. The highest BCUT2D eigenvalue weighted by Gasteiger charge is 2.39. The van der Waals surface area contributed by atoms with Crippen LogP contribution in [-0.4, -0.2) is 107 Å². The summed E-state index contributed by atoms with van der Waals surface area (Å²) in [6, 6.07) is 9.67. The number of anilines is 1. The van der Waals surface area contributed by atoms with Gasteiger partial charge in [-0.2, -0.15) is 13.2 Å². The van der Waals surface area contributed by atoms with Gasteiger partial charge in [-0.25, -0.2) is 9.59 Å². The fourth-order valence-electron chi connectivity index (χ4n) is 4.99. The summed E-state index contributed by atoms with van der Waals surface area (Å²) in [4.78, 5) is 49.7. The molecule has 2 saturated heterocycles. The molecule has 0 spiro atoms. The molecular weight excluding hydrogens is 672 g/mol. The van der Waals surface area contributed by atoms with Crippen molar-refractivity contribution in [1.82, 2.24) is 15.5 Å². The Labute approximate surface area is 278 Å². The van der Waals surface area contributed by atoms with Crippen LogP contribution in [0.25, 0.3) is 0 Å². The average Bonchev–Trinajstić information content (AvgIpc) is 3.37. The third kappa shape index (κ3) is 9.86. The molecule has 2 amide bonds. The summed E-state index contributed by atoms with van der Waals surface area (Å²) in [5.74, 6) is -4.20. The standard InChI is InChI=1S/C28H34Cl2N4O6.C2HF3O2/c1-28(2,27(38)39)40-24-13-22(19(12-20(24)30)25(36)31-3)34-14-21(23(35)15-34)32-18-8-10-33(11-9-18)26(37)16-4-6-17(29)7-5-16;3-2(4,5)1(6)7/h4-7,12-13,18,21,23,32,35H,8-11,14-15H2,1-3H3,(H,31,36)(H,38,39);(H,6,7)/t21-,23-;/m1./s1. The predicted octanol–water partition coefficient (Wildman–Crippen LogP) is 3.67. The summed E-state index contributed by atoms with van der Waals surface area (Å²) in [5.41, 5.74) is -0.183. The molecule has 12 nitrogen and oxygen atoms in total. The number of hydrogen-bond donors (Lipinski definition) is 5. The monoisotopic (exact) mass is 706 g/mol. The van der Waals surface area contributed by atoms with Crippen molar-refractivity contribution in [2.24, 2.45) is 0 Å². The zero-order valence-corrected chi connectivity index (χ0v) is 27.1. The van der Waals surface area contributed by atoms with Crippen molar-refractivity contribution >= 4 is 52.6 Å². The van der Waals surface area contributed by atoms with Gasteiger partial charge in [-0.1, -0.05) is 23.2 Å². The average molecular weight is 708 g/mol. The van der Waals surface area contributed by atoms with Gasteiger partial charge in [-0.3, -0.25) is 9.59 Å². The molecule has 17 heteroatoms. The van der Waals surface area contributed by atoms with Crippen LogP contribution in [0.4, 0.5) is 18.9 Å². The first-order valence-corrected chi connectivity index (χ1v) is 15.1. The second-order valence-electron chi connectivity index (χ2n) is 11.4. The molecule has 0 bridgehead atoms. The van der Waals surface area contributed by atoms with Crippen LogP contribution in [0.1, 0.15) is 47.4 Å². The van der Waals surface area contributed by atoms with Crippen LogP contribution in [0.2, 0.25) is 10.0 Å². The summed E-state index contributed by atoms with van der Waals surface area (Å²) in [6.07, 6.45) is -4.34. The number of carboxylic acid groups (broad SMARTS) is 2. The van der Waals surface area contributed by atoms with E-state index in [4.69, 9.17) is 37.8 Å². The Morgan fingerprint density at radius 3 is 2.04 bits per heavy atom. The van der Waals surface area contributed by atoms with E-state index in [0.717, 1.165) is 12.8 Å². The topological polar surface area (TPSA) is 169 Å². The highest BCUT2D eigenvalue weighted by molar-refractivity contribution is 6.32. The van der Waals surface area contributed by atoms with Crippen molar-refractivity contribution in [1.29, 1.82) is 0 Å². The number of rotatable bonds is 8. The van der Waals surface area contributed by atoms with Crippen molar-refractivity contribution in [2.45, 2.75) is 56.7 Å². The number of ether oxygens (including phenoxy) is 1. The van der Waals surface area contributed by atoms with Gasteiger partial charge in [0.25, 0.3) is 11.8 Å². The molecule has 0 aromatic heterocycles. The maximum absolute atomic E-state index is 12.8. The Bertz CT molecular complexity index is 1470. The van der Waals surface area contributed by atoms with Crippen LogP contribution >= 0.6 is 23.2 Å². The second kappa shape index (κ2) is 15.4. The van der Waals surface area contributed by atoms with Gasteiger partial charge in [-0.15, -0.1) is 0 Å². The van der Waals surface area contributed by atoms with E-state index in [0.29, 0.717) is 35.9 Å². The first-order chi connectivity index (χ1) is 21.8. The maximum atomic E-state index is 12.8. The van der Waals surface area contributed by atoms with Crippen LogP contribution < -0.4 is 20.3 Å². The number of likely N-dealkylation sites (tertiary alicyclic amines) is 1. The summed E-state index contributed by atoms with van der Waals surface area (Å²) in [7, 11) is 1.51. The van der Waals surface area contributed by atoms with Crippen LogP contribution in [-0.2, 0) is 9.59 Å². The molecule has 2 atom stereocenters. The maximum Gasteiger partial charge on any atom is 0.490 e. The molecule has 0 radical (unpaired) electrons. The molecule has 2 aliphatic heterocycles. The second-order valence-corrected chi connectivity index (χ2v) is 12.3. The molecule has 2 heterocycles. The molecule has 2 fully saturated rings. The summed E-state index contributed by atoms with van der Waals surface area (Å²) >= 11 is 12.3. The Kier molecular flexibility index (Phi) is 12.3. The van der Waals surface area contributed by atoms with Crippen molar-refractivity contribution in [3.05, 3.63) is 57.6 Å². The molecular formula is C30H35Cl2F3N4O8. The van der Waals surface area contributed by atoms with Crippen molar-refractivity contribution < 1.29 is 52.4 Å². The number of piperidine rings is 1. The molecule has 0 aliphatic carbocycles. The van der Waals surface area contributed by atoms with Crippen LogP contribution in [0.15, 0.2) is 36.4 Å². The van der Waals surface area contributed by atoms with Crippen LogP contribution in [0, 0.1) is 0 Å². The van der Waals surface area contributed by atoms with E-state index >= 15 is 0 Å². The van der Waals surface area contributed by atoms with E-state index in [9.17, 15) is 37.8 Å². The zero-order valence-electron chi connectivity index (χ0n) is 25.6. The van der Waals surface area contributed by atoms with Gasteiger partial charge in [0.2, 0.25) is 0 Å². The number of nitrogens with zero attached hydrogens (tertiary/aromatic N) is 2. The smallest absolute Gasteiger partial charge is 0.478 e. The number of aliphatic hydroxyl groups excluding tert-OH is 1. The number of alkyl halides is 3. The molecule has 5 N–H and O–H groups in total. The highest BCUT2D eigenvalue weighted by Crippen LogP contribution is 2.37. The number of benzene rings is 2. The molecule has 0 unspecified atom stereocenters. The van der Waals surface area contributed by atoms with Gasteiger partial charge in [0, 0.05) is 55.9 Å². The highest BCUT2D eigenvalue weighted by atomic mass is 35.5. The quantitative estimate of drug-likeness (QED) is 0.273. The molecule has 2 aromatic rings. The van der Waals surface area contributed by atoms with Gasteiger partial charge in [-0.05, 0) is 57.0 Å². The van der Waals surface area contributed by atoms with Gasteiger partial charge in [0.1, 0.15) is 5.75 Å². The predicted molar refractivity (Wildman–Crippen MR) is 166 cm³/mol. The van der Waals surface area contributed by atoms with Crippen molar-refractivity contribution in [3.63, 3.8) is 0 Å². The van der Waals surface area contributed by atoms with Gasteiger partial charge in [0.05, 0.1) is 28.4 Å². The number of amides is 2. The zero-order chi connectivity index (χ0) is 35.3. The first kappa shape index (κ1) is 37.7. The normalized spacial score (nSPS) is 18.7. The Morgan fingerprint density at radius 2 is 1.53 bits per heavy atom. The van der Waals surface area contributed by atoms with Gasteiger partial charge in [0.15, 0.2) is 5.60 Å². The Morgan fingerprint density at radius 1 is 0.957 bits per heavy atom. The lowest BCUT2D eigenvalue weighted by atomic mass is 10.0. The van der Waals surface area contributed by atoms with E-state index in [1.54, 1.807) is 30.3 Å². The lowest BCUT2D eigenvalue weighted by molar-refractivity contribution is -0.192. The summed E-state index contributed by atoms with van der Waals surface area (Å²) < 4.78 is 37.4. The number of β-amino-alcohol motifs (C(OH)–C–C–N with tert-alkyl or cyclic N) is 1. The minimum atomic E-state index is -5.08. The van der Waals surface area contributed by atoms with Crippen molar-refractivity contribution in [3.8, 4) is 5.75 Å². The molecule has 0 saturated carbocycles. The lowest BCUT2D eigenvalue weighted by Crippen LogP contribution is -2.50. The van der Waals surface area contributed by atoms with E-state index in [1.165, 1.54) is 27.0 Å². The number of carbonyl (C=O) groups is 4. The number of carbonyl (C=O) groups excluding carboxylic acids is 2. The van der Waals surface area contributed by atoms with Crippen LogP contribution in [0.5, 0.6) is 5.75 Å². The minimum absolute atomic E-state index is 0.0317. The fourth-order valence-corrected chi connectivity index (χ4v) is 5.32. The van der Waals surface area contributed by atoms with E-state index in [1.807, 2.05) is 9.80 Å². The molecule has 47 heavy (non-hydrogen) atoms. The molecule has 4 rings (SSSR count). The largest absolute Gasteiger partial charge is 0.490 e. The number of hydrogen-bond acceptors (Lipinski definition) is 8. The lowest BCUT2D eigenvalue weighted by Gasteiger charge is -2.34. The molecule has 258 valence electrons. The van der Waals surface area contributed by atoms with Crippen LogP contribution in [0.3, 0.4) is 0 Å².